The van der Waals surface area contributed by atoms with Crippen molar-refractivity contribution in [1.82, 2.24) is 9.62 Å². The Kier molecular flexibility index (Phi) is 7.65. The molecule has 0 aromatic heterocycles. The molecule has 2 N–H and O–H groups in total. The zero-order valence-electron chi connectivity index (χ0n) is 20.7. The number of ether oxygens (including phenoxy) is 2. The second-order valence-electron chi connectivity index (χ2n) is 10.8. The lowest BCUT2D eigenvalue weighted by molar-refractivity contribution is -0.958. The predicted molar refractivity (Wildman–Crippen MR) is 128 cm³/mol. The van der Waals surface area contributed by atoms with E-state index in [4.69, 9.17) is 14.0 Å². The van der Waals surface area contributed by atoms with Crippen molar-refractivity contribution in [2.45, 2.75) is 69.7 Å². The molecule has 12 nitrogen and oxygen atoms in total. The van der Waals surface area contributed by atoms with Gasteiger partial charge in [0.05, 0.1) is 5.41 Å². The maximum atomic E-state index is 13.4. The molecule has 0 aromatic rings. The molecule has 0 aliphatic carbocycles. The number of nitrogens with zero attached hydrogens (tertiary/aromatic N) is 3. The van der Waals surface area contributed by atoms with E-state index in [-0.39, 0.29) is 28.3 Å². The first-order chi connectivity index (χ1) is 16.0. The Morgan fingerprint density at radius 1 is 1.29 bits per heavy atom. The summed E-state index contributed by atoms with van der Waals surface area (Å²) in [5, 5.41) is 4.03. The largest absolute Gasteiger partial charge is 0.427 e. The number of amides is 1. The van der Waals surface area contributed by atoms with E-state index in [9.17, 15) is 22.8 Å². The number of carbonyl (C=O) groups is 3. The van der Waals surface area contributed by atoms with Crippen molar-refractivity contribution >= 4 is 46.6 Å². The number of nitrogens with one attached hydrogen (secondary N) is 1. The van der Waals surface area contributed by atoms with Gasteiger partial charge in [0.2, 0.25) is 12.8 Å². The molecule has 0 unspecified atom stereocenters. The van der Waals surface area contributed by atoms with Crippen LogP contribution in [0.4, 0.5) is 0 Å². The number of hydrogen-bond acceptors (Lipinski definition) is 9. The molecular weight excluding hydrogens is 500 g/mol. The molecule has 1 amide bonds. The Hall–Kier alpha value is -1.74. The molecule has 3 aliphatic heterocycles. The quantitative estimate of drug-likeness (QED) is 0.114. The number of rotatable bonds is 8. The van der Waals surface area contributed by atoms with Crippen LogP contribution in [0.2, 0.25) is 0 Å². The van der Waals surface area contributed by atoms with Crippen LogP contribution >= 0.6 is 11.8 Å². The van der Waals surface area contributed by atoms with Crippen LogP contribution in [0.5, 0.6) is 0 Å². The minimum absolute atomic E-state index is 0.00223. The van der Waals surface area contributed by atoms with E-state index in [1.54, 1.807) is 20.8 Å². The summed E-state index contributed by atoms with van der Waals surface area (Å²) in [5.74, 6) is -1.35. The van der Waals surface area contributed by atoms with Crippen molar-refractivity contribution in [3.63, 3.8) is 0 Å². The lowest BCUT2D eigenvalue weighted by Crippen LogP contribution is -2.76. The average molecular weight is 536 g/mol. The van der Waals surface area contributed by atoms with Crippen LogP contribution in [0, 0.1) is 11.3 Å². The molecule has 3 atom stereocenters. The lowest BCUT2D eigenvalue weighted by atomic mass is 9.90. The summed E-state index contributed by atoms with van der Waals surface area (Å²) in [5.41, 5.74) is -0.730. The maximum Gasteiger partial charge on any atom is 0.333 e. The first-order valence-electron chi connectivity index (χ1n) is 11.4. The van der Waals surface area contributed by atoms with E-state index < -0.39 is 51.3 Å². The predicted octanol–water partition coefficient (Wildman–Crippen LogP) is 0.742. The van der Waals surface area contributed by atoms with E-state index in [0.29, 0.717) is 25.9 Å². The van der Waals surface area contributed by atoms with E-state index >= 15 is 0 Å². The number of likely N-dealkylation sites (tertiary alicyclic amines) is 1. The van der Waals surface area contributed by atoms with Gasteiger partial charge in [-0.2, -0.15) is 17.7 Å². The third-order valence-electron chi connectivity index (χ3n) is 6.84. The van der Waals surface area contributed by atoms with Gasteiger partial charge in [-0.15, -0.1) is 11.8 Å². The molecular formula is C21H35N4O8S2+. The van der Waals surface area contributed by atoms with Crippen LogP contribution in [0.15, 0.2) is 5.10 Å². The molecule has 3 aliphatic rings. The van der Waals surface area contributed by atoms with E-state index in [0.717, 1.165) is 0 Å². The number of quaternary nitrogens is 1. The summed E-state index contributed by atoms with van der Waals surface area (Å²) in [6.45, 7) is 13.1. The molecule has 3 saturated heterocycles. The third-order valence-corrected chi connectivity index (χ3v) is 8.93. The fraction of sp³-hybridized carbons (Fsp3) is 0.810. The van der Waals surface area contributed by atoms with Crippen LogP contribution in [0.3, 0.4) is 0 Å². The summed E-state index contributed by atoms with van der Waals surface area (Å²) in [6, 6.07) is -1.35. The first-order valence-corrected chi connectivity index (χ1v) is 13.8. The van der Waals surface area contributed by atoms with Crippen molar-refractivity contribution in [1.29, 1.82) is 0 Å². The maximum absolute atomic E-state index is 13.4. The third kappa shape index (κ3) is 5.66. The van der Waals surface area contributed by atoms with Gasteiger partial charge in [-0.3, -0.25) is 14.1 Å². The smallest absolute Gasteiger partial charge is 0.333 e. The van der Waals surface area contributed by atoms with Gasteiger partial charge in [0, 0.05) is 30.9 Å². The second kappa shape index (κ2) is 9.61. The summed E-state index contributed by atoms with van der Waals surface area (Å²) < 4.78 is 42.7. The molecule has 0 saturated carbocycles. The van der Waals surface area contributed by atoms with Gasteiger partial charge in [-0.05, 0) is 40.5 Å². The molecule has 3 heterocycles. The van der Waals surface area contributed by atoms with Crippen LogP contribution in [-0.4, -0.2) is 95.7 Å². The molecule has 35 heavy (non-hydrogen) atoms. The standard InChI is InChI=1S/C21H34N4O8S2/c1-20(2,3)19(28)33-12-32-18(27)15-21(4,5)34-17-14(16(26)24(15)17)25(22-6)9-7-13(8-10-25)11-23-35(29,30)31/h13-15,17,23H,6-12H2,1-5H3/p+1/t13?,14-,15+,17-,25?/m1/s1. The van der Waals surface area contributed by atoms with Crippen LogP contribution in [-0.2, 0) is 34.2 Å². The van der Waals surface area contributed by atoms with Crippen LogP contribution < -0.4 is 4.72 Å². The minimum Gasteiger partial charge on any atom is -0.427 e. The number of hydrogen-bond donors (Lipinski definition) is 2. The number of β-lactam (4-membered cyclic amide) rings is 1. The fourth-order valence-corrected chi connectivity index (χ4v) is 7.07. The molecule has 14 heteroatoms. The summed E-state index contributed by atoms with van der Waals surface area (Å²) in [7, 11) is -4.26. The Morgan fingerprint density at radius 2 is 1.89 bits per heavy atom. The van der Waals surface area contributed by atoms with Crippen molar-refractivity contribution < 1.29 is 41.4 Å². The van der Waals surface area contributed by atoms with Crippen LogP contribution in [0.25, 0.3) is 0 Å². The topological polar surface area (TPSA) is 152 Å². The lowest BCUT2D eigenvalue weighted by Gasteiger charge is -2.52. The number of carbonyl (C=O) groups excluding carboxylic acids is 3. The van der Waals surface area contributed by atoms with Crippen LogP contribution in [0.1, 0.15) is 47.5 Å². The molecule has 3 fully saturated rings. The van der Waals surface area contributed by atoms with Crippen molar-refractivity contribution in [3.05, 3.63) is 0 Å². The van der Waals surface area contributed by atoms with Crippen molar-refractivity contribution in [3.8, 4) is 0 Å². The highest BCUT2D eigenvalue weighted by atomic mass is 32.2. The highest BCUT2D eigenvalue weighted by Crippen LogP contribution is 2.54. The number of thioether (sulfide) groups is 1. The highest BCUT2D eigenvalue weighted by molar-refractivity contribution is 8.01. The Morgan fingerprint density at radius 3 is 2.40 bits per heavy atom. The summed E-state index contributed by atoms with van der Waals surface area (Å²) in [4.78, 5) is 39.7. The van der Waals surface area contributed by atoms with E-state index in [2.05, 4.69) is 16.5 Å². The first kappa shape index (κ1) is 27.8. The second-order valence-corrected chi connectivity index (χ2v) is 13.8. The number of esters is 2. The normalized spacial score (nSPS) is 32.4. The van der Waals surface area contributed by atoms with Gasteiger partial charge in [0.1, 0.15) is 24.5 Å². The minimum atomic E-state index is -4.26. The van der Waals surface area contributed by atoms with Crippen molar-refractivity contribution in [2.24, 2.45) is 16.4 Å². The SMILES string of the molecule is C=N[N+]1([C@@H]2C(=O)N3[C@@H]2SC(C)(C)[C@@H]3C(=O)OCOC(=O)C(C)(C)C)CCC(CNS(=O)(=O)O)CC1. The monoisotopic (exact) mass is 535 g/mol. The molecule has 0 bridgehead atoms. The van der Waals surface area contributed by atoms with Gasteiger partial charge in [-0.25, -0.2) is 4.79 Å². The Bertz CT molecular complexity index is 986. The molecule has 0 aromatic carbocycles. The number of fused-ring (bicyclic) bond motifs is 1. The molecule has 0 spiro atoms. The molecule has 198 valence electrons. The summed E-state index contributed by atoms with van der Waals surface area (Å²) >= 11 is 1.50. The van der Waals surface area contributed by atoms with Gasteiger partial charge < -0.3 is 14.4 Å². The zero-order chi connectivity index (χ0) is 26.4. The number of piperidine rings is 1. The van der Waals surface area contributed by atoms with E-state index in [1.165, 1.54) is 16.7 Å². The van der Waals surface area contributed by atoms with Gasteiger partial charge in [-0.1, -0.05) is 5.10 Å². The van der Waals surface area contributed by atoms with Crippen molar-refractivity contribution in [2.75, 3.05) is 26.4 Å². The Balaban J connectivity index is 1.65. The summed E-state index contributed by atoms with van der Waals surface area (Å²) in [6.07, 6.45) is 1.19. The molecule has 0 radical (unpaired) electrons. The van der Waals surface area contributed by atoms with Gasteiger partial charge in [0.15, 0.2) is 0 Å². The average Bonchev–Trinajstić information content (AvgIpc) is 2.98. The van der Waals surface area contributed by atoms with E-state index in [1.807, 2.05) is 13.8 Å². The zero-order valence-corrected chi connectivity index (χ0v) is 22.4. The highest BCUT2D eigenvalue weighted by Gasteiger charge is 2.71. The van der Waals surface area contributed by atoms with Gasteiger partial charge >= 0.3 is 22.2 Å². The van der Waals surface area contributed by atoms with Gasteiger partial charge in [0.25, 0.3) is 5.91 Å². The Labute approximate surface area is 210 Å². The molecule has 3 rings (SSSR count). The fourth-order valence-electron chi connectivity index (χ4n) is 4.86.